The largest absolute Gasteiger partial charge is 0.0921 e. The summed E-state index contributed by atoms with van der Waals surface area (Å²) >= 11 is 9.50. The Bertz CT molecular complexity index is 281. The molecule has 1 aromatic carbocycles. The molecule has 0 bridgehead atoms. The van der Waals surface area contributed by atoms with Crippen LogP contribution < -0.4 is 0 Å². The van der Waals surface area contributed by atoms with E-state index in [0.717, 1.165) is 10.4 Å². The molecule has 0 radical (unpaired) electrons. The summed E-state index contributed by atoms with van der Waals surface area (Å²) in [5.41, 5.74) is 1.40. The SMILES string of the molecule is CCCCCCC(CBr)c1ccc(Cl)cc1. The number of halogens is 2. The first-order chi connectivity index (χ1) is 7.77. The van der Waals surface area contributed by atoms with Gasteiger partial charge >= 0.3 is 0 Å². The molecule has 0 aliphatic heterocycles. The van der Waals surface area contributed by atoms with E-state index in [9.17, 15) is 0 Å². The number of rotatable bonds is 7. The van der Waals surface area contributed by atoms with Crippen molar-refractivity contribution in [2.24, 2.45) is 0 Å². The summed E-state index contributed by atoms with van der Waals surface area (Å²) in [5.74, 6) is 0.633. The van der Waals surface area contributed by atoms with Crippen LogP contribution in [0.1, 0.15) is 50.5 Å². The van der Waals surface area contributed by atoms with E-state index in [2.05, 4.69) is 35.0 Å². The van der Waals surface area contributed by atoms with Gasteiger partial charge in [-0.1, -0.05) is 72.3 Å². The Morgan fingerprint density at radius 2 is 1.81 bits per heavy atom. The van der Waals surface area contributed by atoms with Crippen LogP contribution in [0.3, 0.4) is 0 Å². The molecule has 1 aromatic rings. The Morgan fingerprint density at radius 3 is 2.38 bits per heavy atom. The van der Waals surface area contributed by atoms with Crippen LogP contribution in [0.5, 0.6) is 0 Å². The first-order valence-electron chi connectivity index (χ1n) is 6.09. The number of hydrogen-bond donors (Lipinski definition) is 0. The molecule has 0 saturated heterocycles. The van der Waals surface area contributed by atoms with Crippen LogP contribution in [-0.2, 0) is 0 Å². The van der Waals surface area contributed by atoms with Gasteiger partial charge in [0.05, 0.1) is 0 Å². The summed E-state index contributed by atoms with van der Waals surface area (Å²) < 4.78 is 0. The standard InChI is InChI=1S/C14H20BrCl/c1-2-3-4-5-6-13(11-15)12-7-9-14(16)10-8-12/h7-10,13H,2-6,11H2,1H3. The second kappa shape index (κ2) is 8.14. The summed E-state index contributed by atoms with van der Waals surface area (Å²) in [6.45, 7) is 2.25. The molecule has 0 nitrogen and oxygen atoms in total. The van der Waals surface area contributed by atoms with Crippen LogP contribution in [0.15, 0.2) is 24.3 Å². The highest BCUT2D eigenvalue weighted by atomic mass is 79.9. The zero-order valence-electron chi connectivity index (χ0n) is 9.89. The van der Waals surface area contributed by atoms with E-state index in [4.69, 9.17) is 11.6 Å². The molecule has 0 aromatic heterocycles. The second-order valence-corrected chi connectivity index (χ2v) is 5.34. The second-order valence-electron chi connectivity index (χ2n) is 4.25. The Labute approximate surface area is 113 Å². The maximum absolute atomic E-state index is 5.89. The van der Waals surface area contributed by atoms with Crippen molar-refractivity contribution >= 4 is 27.5 Å². The molecule has 2 heteroatoms. The third-order valence-electron chi connectivity index (χ3n) is 2.93. The lowest BCUT2D eigenvalue weighted by Gasteiger charge is -2.14. The third-order valence-corrected chi connectivity index (χ3v) is 3.97. The van der Waals surface area contributed by atoms with Gasteiger partial charge in [-0.05, 0) is 30.0 Å². The molecule has 1 rings (SSSR count). The van der Waals surface area contributed by atoms with Crippen molar-refractivity contribution in [2.45, 2.75) is 44.9 Å². The van der Waals surface area contributed by atoms with Gasteiger partial charge in [-0.3, -0.25) is 0 Å². The molecule has 16 heavy (non-hydrogen) atoms. The van der Waals surface area contributed by atoms with Crippen LogP contribution >= 0.6 is 27.5 Å². The lowest BCUT2D eigenvalue weighted by atomic mass is 9.95. The molecule has 1 atom stereocenters. The summed E-state index contributed by atoms with van der Waals surface area (Å²) in [7, 11) is 0. The van der Waals surface area contributed by atoms with E-state index in [1.807, 2.05) is 12.1 Å². The first-order valence-corrected chi connectivity index (χ1v) is 7.59. The van der Waals surface area contributed by atoms with E-state index >= 15 is 0 Å². The summed E-state index contributed by atoms with van der Waals surface area (Å²) in [5, 5.41) is 1.86. The predicted molar refractivity (Wildman–Crippen MR) is 76.7 cm³/mol. The molecular formula is C14H20BrCl. The highest BCUT2D eigenvalue weighted by Gasteiger charge is 2.09. The lowest BCUT2D eigenvalue weighted by molar-refractivity contribution is 0.585. The van der Waals surface area contributed by atoms with E-state index < -0.39 is 0 Å². The van der Waals surface area contributed by atoms with Gasteiger partial charge in [-0.25, -0.2) is 0 Å². The van der Waals surface area contributed by atoms with Crippen LogP contribution in [0.4, 0.5) is 0 Å². The molecule has 90 valence electrons. The van der Waals surface area contributed by atoms with Crippen molar-refractivity contribution < 1.29 is 0 Å². The average Bonchev–Trinajstić information content (AvgIpc) is 2.31. The number of hydrogen-bond acceptors (Lipinski definition) is 0. The lowest BCUT2D eigenvalue weighted by Crippen LogP contribution is -2.00. The molecule has 0 aliphatic carbocycles. The van der Waals surface area contributed by atoms with E-state index in [1.165, 1.54) is 37.7 Å². The number of unbranched alkanes of at least 4 members (excludes halogenated alkanes) is 3. The van der Waals surface area contributed by atoms with Gasteiger partial charge in [0.1, 0.15) is 0 Å². The topological polar surface area (TPSA) is 0 Å². The monoisotopic (exact) mass is 302 g/mol. The summed E-state index contributed by atoms with van der Waals surface area (Å²) in [6, 6.07) is 8.26. The maximum Gasteiger partial charge on any atom is 0.0406 e. The molecular weight excluding hydrogens is 284 g/mol. The molecule has 0 N–H and O–H groups in total. The normalized spacial score (nSPS) is 12.7. The number of benzene rings is 1. The van der Waals surface area contributed by atoms with Crippen LogP contribution in [0.2, 0.25) is 5.02 Å². The Morgan fingerprint density at radius 1 is 1.12 bits per heavy atom. The zero-order valence-corrected chi connectivity index (χ0v) is 12.2. The molecule has 0 fully saturated rings. The summed E-state index contributed by atoms with van der Waals surface area (Å²) in [6.07, 6.45) is 6.61. The Hall–Kier alpha value is -0.0100. The smallest absolute Gasteiger partial charge is 0.0406 e. The molecule has 0 spiro atoms. The van der Waals surface area contributed by atoms with Crippen LogP contribution in [-0.4, -0.2) is 5.33 Å². The average molecular weight is 304 g/mol. The van der Waals surface area contributed by atoms with Crippen molar-refractivity contribution in [1.29, 1.82) is 0 Å². The molecule has 1 unspecified atom stereocenters. The predicted octanol–water partition coefficient (Wildman–Crippen LogP) is 5.79. The highest BCUT2D eigenvalue weighted by Crippen LogP contribution is 2.25. The van der Waals surface area contributed by atoms with E-state index in [1.54, 1.807) is 0 Å². The van der Waals surface area contributed by atoms with Gasteiger partial charge in [-0.15, -0.1) is 0 Å². The fourth-order valence-electron chi connectivity index (χ4n) is 1.89. The fourth-order valence-corrected chi connectivity index (χ4v) is 2.71. The summed E-state index contributed by atoms with van der Waals surface area (Å²) in [4.78, 5) is 0. The molecule has 0 aliphatic rings. The van der Waals surface area contributed by atoms with Gasteiger partial charge in [0.25, 0.3) is 0 Å². The van der Waals surface area contributed by atoms with Gasteiger partial charge in [0.2, 0.25) is 0 Å². The molecule has 0 saturated carbocycles. The van der Waals surface area contributed by atoms with Crippen molar-refractivity contribution in [2.75, 3.05) is 5.33 Å². The molecule has 0 heterocycles. The van der Waals surface area contributed by atoms with Crippen molar-refractivity contribution in [3.63, 3.8) is 0 Å². The third kappa shape index (κ3) is 4.88. The van der Waals surface area contributed by atoms with Crippen molar-refractivity contribution in [3.05, 3.63) is 34.9 Å². The van der Waals surface area contributed by atoms with Crippen LogP contribution in [0.25, 0.3) is 0 Å². The van der Waals surface area contributed by atoms with Gasteiger partial charge in [0.15, 0.2) is 0 Å². The van der Waals surface area contributed by atoms with Gasteiger partial charge in [0, 0.05) is 10.4 Å². The minimum Gasteiger partial charge on any atom is -0.0921 e. The highest BCUT2D eigenvalue weighted by molar-refractivity contribution is 9.09. The van der Waals surface area contributed by atoms with Crippen molar-refractivity contribution in [1.82, 2.24) is 0 Å². The fraction of sp³-hybridized carbons (Fsp3) is 0.571. The van der Waals surface area contributed by atoms with Gasteiger partial charge in [-0.2, -0.15) is 0 Å². The number of alkyl halides is 1. The minimum atomic E-state index is 0.633. The van der Waals surface area contributed by atoms with Crippen molar-refractivity contribution in [3.8, 4) is 0 Å². The molecule has 0 amide bonds. The first kappa shape index (κ1) is 14.1. The quantitative estimate of drug-likeness (QED) is 0.442. The van der Waals surface area contributed by atoms with Gasteiger partial charge < -0.3 is 0 Å². The Balaban J connectivity index is 2.44. The minimum absolute atomic E-state index is 0.633. The van der Waals surface area contributed by atoms with Crippen LogP contribution in [0, 0.1) is 0 Å². The zero-order chi connectivity index (χ0) is 11.8. The maximum atomic E-state index is 5.89. The van der Waals surface area contributed by atoms with E-state index in [-0.39, 0.29) is 0 Å². The van der Waals surface area contributed by atoms with E-state index in [0.29, 0.717) is 5.92 Å². The Kier molecular flexibility index (Phi) is 7.15.